The van der Waals surface area contributed by atoms with Crippen LogP contribution in [0, 0.1) is 0 Å². The quantitative estimate of drug-likeness (QED) is 0.605. The molecule has 6 heteroatoms. The maximum atomic E-state index is 12.0. The maximum absolute atomic E-state index is 12.0. The lowest BCUT2D eigenvalue weighted by Crippen LogP contribution is -2.02. The number of halogens is 4. The summed E-state index contributed by atoms with van der Waals surface area (Å²) in [5.41, 5.74) is -3.80. The van der Waals surface area contributed by atoms with E-state index in [1.165, 1.54) is 31.2 Å². The Kier molecular flexibility index (Phi) is 4.27. The molecule has 0 spiro atoms. The van der Waals surface area contributed by atoms with E-state index < -0.39 is 10.9 Å². The molecule has 0 aromatic heterocycles. The molecule has 0 N–H and O–H groups in total. The van der Waals surface area contributed by atoms with E-state index in [9.17, 15) is 18.0 Å². The highest BCUT2D eigenvalue weighted by molar-refractivity contribution is 8.00. The van der Waals surface area contributed by atoms with Gasteiger partial charge in [-0.25, -0.2) is 0 Å². The van der Waals surface area contributed by atoms with E-state index in [4.69, 9.17) is 11.6 Å². The number of rotatable bonds is 3. The van der Waals surface area contributed by atoms with E-state index in [-0.39, 0.29) is 22.4 Å². The van der Waals surface area contributed by atoms with Crippen molar-refractivity contribution in [1.29, 1.82) is 0 Å². The van der Waals surface area contributed by atoms with Crippen LogP contribution in [0.2, 0.25) is 0 Å². The number of alkyl halides is 4. The molecule has 16 heavy (non-hydrogen) atoms. The van der Waals surface area contributed by atoms with Crippen LogP contribution in [0.1, 0.15) is 17.9 Å². The Hall–Kier alpha value is -0.680. The van der Waals surface area contributed by atoms with Gasteiger partial charge in [0.15, 0.2) is 5.78 Å². The molecule has 88 valence electrons. The van der Waals surface area contributed by atoms with Gasteiger partial charge in [-0.3, -0.25) is 4.79 Å². The van der Waals surface area contributed by atoms with Crippen molar-refractivity contribution in [2.45, 2.75) is 22.7 Å². The molecule has 0 fully saturated rings. The van der Waals surface area contributed by atoms with Crippen LogP contribution >= 0.6 is 23.4 Å². The monoisotopic (exact) mass is 268 g/mol. The molecule has 0 saturated carbocycles. The molecule has 0 aliphatic rings. The minimum atomic E-state index is -4.30. The molecule has 0 aliphatic heterocycles. The van der Waals surface area contributed by atoms with Crippen LogP contribution in [0.5, 0.6) is 0 Å². The highest BCUT2D eigenvalue weighted by atomic mass is 35.5. The van der Waals surface area contributed by atoms with Crippen LogP contribution in [0.3, 0.4) is 0 Å². The van der Waals surface area contributed by atoms with Gasteiger partial charge < -0.3 is 0 Å². The predicted molar refractivity (Wildman–Crippen MR) is 57.6 cm³/mol. The maximum Gasteiger partial charge on any atom is 0.446 e. The number of carbonyl (C=O) groups is 1. The van der Waals surface area contributed by atoms with E-state index in [1.54, 1.807) is 0 Å². The van der Waals surface area contributed by atoms with Gasteiger partial charge in [0.25, 0.3) is 0 Å². The standard InChI is InChI=1S/C10H8ClF3OS/c1-6(15)9(11)7-2-4-8(5-3-7)16-10(12,13)14/h2-5,9H,1H3. The summed E-state index contributed by atoms with van der Waals surface area (Å²) in [5, 5.41) is -0.801. The third kappa shape index (κ3) is 4.06. The molecule has 1 nitrogen and oxygen atoms in total. The highest BCUT2D eigenvalue weighted by Gasteiger charge is 2.29. The van der Waals surface area contributed by atoms with Gasteiger partial charge in [0, 0.05) is 4.90 Å². The average molecular weight is 269 g/mol. The second kappa shape index (κ2) is 5.10. The lowest BCUT2D eigenvalue weighted by Gasteiger charge is -2.08. The first-order valence-electron chi connectivity index (χ1n) is 4.30. The Morgan fingerprint density at radius 2 is 1.81 bits per heavy atom. The van der Waals surface area contributed by atoms with Crippen molar-refractivity contribution in [3.05, 3.63) is 29.8 Å². The van der Waals surface area contributed by atoms with Gasteiger partial charge >= 0.3 is 5.51 Å². The molecule has 0 amide bonds. The summed E-state index contributed by atoms with van der Waals surface area (Å²) >= 11 is 5.55. The number of Topliss-reactive ketones (excluding diaryl/α,β-unsaturated/α-hetero) is 1. The van der Waals surface area contributed by atoms with Crippen molar-refractivity contribution in [3.63, 3.8) is 0 Å². The van der Waals surface area contributed by atoms with E-state index in [0.29, 0.717) is 5.56 Å². The molecule has 1 aromatic rings. The zero-order valence-electron chi connectivity index (χ0n) is 8.22. The number of benzene rings is 1. The van der Waals surface area contributed by atoms with Crippen LogP contribution in [-0.2, 0) is 4.79 Å². The van der Waals surface area contributed by atoms with Gasteiger partial charge in [-0.15, -0.1) is 11.6 Å². The third-order valence-corrected chi connectivity index (χ3v) is 3.06. The van der Waals surface area contributed by atoms with Crippen LogP contribution < -0.4 is 0 Å². The van der Waals surface area contributed by atoms with E-state index in [0.717, 1.165) is 0 Å². The van der Waals surface area contributed by atoms with Crippen molar-refractivity contribution in [1.82, 2.24) is 0 Å². The number of thioether (sulfide) groups is 1. The van der Waals surface area contributed by atoms with Crippen LogP contribution in [0.25, 0.3) is 0 Å². The first-order valence-corrected chi connectivity index (χ1v) is 5.55. The third-order valence-electron chi connectivity index (χ3n) is 1.76. The summed E-state index contributed by atoms with van der Waals surface area (Å²) in [6.45, 7) is 1.33. The normalized spacial score (nSPS) is 13.6. The van der Waals surface area contributed by atoms with E-state index >= 15 is 0 Å². The van der Waals surface area contributed by atoms with Crippen molar-refractivity contribution in [2.75, 3.05) is 0 Å². The Morgan fingerprint density at radius 1 is 1.31 bits per heavy atom. The topological polar surface area (TPSA) is 17.1 Å². The summed E-state index contributed by atoms with van der Waals surface area (Å²) < 4.78 is 36.0. The van der Waals surface area contributed by atoms with Crippen LogP contribution in [-0.4, -0.2) is 11.3 Å². The number of hydrogen-bond donors (Lipinski definition) is 0. The summed E-state index contributed by atoms with van der Waals surface area (Å²) in [5.74, 6) is -0.238. The molecule has 1 rings (SSSR count). The Bertz CT molecular complexity index is 375. The van der Waals surface area contributed by atoms with Crippen molar-refractivity contribution >= 4 is 29.1 Å². The molecule has 0 radical (unpaired) electrons. The van der Waals surface area contributed by atoms with E-state index in [2.05, 4.69) is 0 Å². The summed E-state index contributed by atoms with van der Waals surface area (Å²) in [6.07, 6.45) is 0. The Balaban J connectivity index is 2.79. The van der Waals surface area contributed by atoms with Gasteiger partial charge in [-0.1, -0.05) is 12.1 Å². The minimum Gasteiger partial charge on any atom is -0.298 e. The molecular weight excluding hydrogens is 261 g/mol. The van der Waals surface area contributed by atoms with Crippen LogP contribution in [0.4, 0.5) is 13.2 Å². The van der Waals surface area contributed by atoms with Gasteiger partial charge in [0.1, 0.15) is 5.38 Å². The lowest BCUT2D eigenvalue weighted by atomic mass is 10.1. The average Bonchev–Trinajstić information content (AvgIpc) is 2.15. The van der Waals surface area contributed by atoms with Gasteiger partial charge in [0.2, 0.25) is 0 Å². The Morgan fingerprint density at radius 3 is 2.19 bits per heavy atom. The van der Waals surface area contributed by atoms with Crippen molar-refractivity contribution < 1.29 is 18.0 Å². The number of carbonyl (C=O) groups excluding carboxylic acids is 1. The summed E-state index contributed by atoms with van der Waals surface area (Å²) in [4.78, 5) is 11.0. The minimum absolute atomic E-state index is 0.0728. The second-order valence-corrected chi connectivity index (χ2v) is 4.66. The molecule has 0 heterocycles. The van der Waals surface area contributed by atoms with Gasteiger partial charge in [0.05, 0.1) is 0 Å². The number of ketones is 1. The fraction of sp³-hybridized carbons (Fsp3) is 0.300. The molecule has 1 aromatic carbocycles. The SMILES string of the molecule is CC(=O)C(Cl)c1ccc(SC(F)(F)F)cc1. The molecule has 0 bridgehead atoms. The first-order chi connectivity index (χ1) is 7.29. The lowest BCUT2D eigenvalue weighted by molar-refractivity contribution is -0.116. The zero-order valence-corrected chi connectivity index (χ0v) is 9.79. The summed E-state index contributed by atoms with van der Waals surface area (Å²) in [7, 11) is 0. The van der Waals surface area contributed by atoms with Crippen molar-refractivity contribution in [3.8, 4) is 0 Å². The molecular formula is C10H8ClF3OS. The van der Waals surface area contributed by atoms with Crippen molar-refractivity contribution in [2.24, 2.45) is 0 Å². The Labute approximate surface area is 100.0 Å². The fourth-order valence-electron chi connectivity index (χ4n) is 1.07. The second-order valence-electron chi connectivity index (χ2n) is 3.09. The fourth-order valence-corrected chi connectivity index (χ4v) is 1.76. The molecule has 1 atom stereocenters. The van der Waals surface area contributed by atoms with Crippen LogP contribution in [0.15, 0.2) is 29.2 Å². The largest absolute Gasteiger partial charge is 0.446 e. The molecule has 1 unspecified atom stereocenters. The van der Waals surface area contributed by atoms with E-state index in [1.807, 2.05) is 0 Å². The highest BCUT2D eigenvalue weighted by Crippen LogP contribution is 2.37. The zero-order chi connectivity index (χ0) is 12.3. The number of hydrogen-bond acceptors (Lipinski definition) is 2. The molecule has 0 saturated heterocycles. The first kappa shape index (κ1) is 13.4. The predicted octanol–water partition coefficient (Wildman–Crippen LogP) is 4.17. The summed E-state index contributed by atoms with van der Waals surface area (Å²) in [6, 6.07) is 5.44. The smallest absolute Gasteiger partial charge is 0.298 e. The van der Waals surface area contributed by atoms with Gasteiger partial charge in [-0.2, -0.15) is 13.2 Å². The van der Waals surface area contributed by atoms with Gasteiger partial charge in [-0.05, 0) is 36.4 Å². The molecule has 0 aliphatic carbocycles.